The highest BCUT2D eigenvalue weighted by Gasteiger charge is 2.07. The SMILES string of the molecule is COCC(C)Nc1ccccc1Oc1ccccc1. The van der Waals surface area contributed by atoms with Gasteiger partial charge in [-0.15, -0.1) is 0 Å². The van der Waals surface area contributed by atoms with Crippen LogP contribution in [0.15, 0.2) is 54.6 Å². The van der Waals surface area contributed by atoms with Crippen molar-refractivity contribution in [1.82, 2.24) is 0 Å². The molecule has 0 saturated carbocycles. The van der Waals surface area contributed by atoms with Crippen LogP contribution in [0.25, 0.3) is 0 Å². The van der Waals surface area contributed by atoms with Gasteiger partial charge in [-0.2, -0.15) is 0 Å². The summed E-state index contributed by atoms with van der Waals surface area (Å²) in [4.78, 5) is 0. The molecule has 3 heteroatoms. The Labute approximate surface area is 114 Å². The second-order valence-corrected chi connectivity index (χ2v) is 4.41. The summed E-state index contributed by atoms with van der Waals surface area (Å²) in [7, 11) is 1.70. The Bertz CT molecular complexity index is 499. The molecule has 0 radical (unpaired) electrons. The average molecular weight is 257 g/mol. The van der Waals surface area contributed by atoms with E-state index in [4.69, 9.17) is 9.47 Å². The van der Waals surface area contributed by atoms with E-state index in [-0.39, 0.29) is 6.04 Å². The number of ether oxygens (including phenoxy) is 2. The van der Waals surface area contributed by atoms with Gasteiger partial charge in [-0.3, -0.25) is 0 Å². The molecule has 0 aliphatic carbocycles. The molecule has 1 atom stereocenters. The molecule has 0 heterocycles. The zero-order valence-electron chi connectivity index (χ0n) is 11.3. The highest BCUT2D eigenvalue weighted by molar-refractivity contribution is 5.57. The number of benzene rings is 2. The van der Waals surface area contributed by atoms with Gasteiger partial charge < -0.3 is 14.8 Å². The van der Waals surface area contributed by atoms with E-state index < -0.39 is 0 Å². The van der Waals surface area contributed by atoms with E-state index in [9.17, 15) is 0 Å². The summed E-state index contributed by atoms with van der Waals surface area (Å²) in [6.07, 6.45) is 0. The van der Waals surface area contributed by atoms with Gasteiger partial charge >= 0.3 is 0 Å². The largest absolute Gasteiger partial charge is 0.455 e. The molecule has 0 aromatic heterocycles. The normalized spacial score (nSPS) is 11.9. The summed E-state index contributed by atoms with van der Waals surface area (Å²) in [6, 6.07) is 17.9. The number of methoxy groups -OCH3 is 1. The standard InChI is InChI=1S/C16H19NO2/c1-13(12-18-2)17-15-10-6-7-11-16(15)19-14-8-4-3-5-9-14/h3-11,13,17H,12H2,1-2H3. The first-order valence-corrected chi connectivity index (χ1v) is 6.37. The Morgan fingerprint density at radius 3 is 2.42 bits per heavy atom. The van der Waals surface area contributed by atoms with Gasteiger partial charge in [0.15, 0.2) is 5.75 Å². The van der Waals surface area contributed by atoms with E-state index in [1.54, 1.807) is 7.11 Å². The van der Waals surface area contributed by atoms with Crippen LogP contribution >= 0.6 is 0 Å². The van der Waals surface area contributed by atoms with E-state index >= 15 is 0 Å². The summed E-state index contributed by atoms with van der Waals surface area (Å²) in [5.41, 5.74) is 0.968. The van der Waals surface area contributed by atoms with Crippen molar-refractivity contribution < 1.29 is 9.47 Å². The second kappa shape index (κ2) is 6.81. The molecule has 1 N–H and O–H groups in total. The van der Waals surface area contributed by atoms with E-state index in [0.717, 1.165) is 17.2 Å². The molecule has 0 saturated heterocycles. The zero-order valence-corrected chi connectivity index (χ0v) is 11.3. The minimum atomic E-state index is 0.227. The summed E-state index contributed by atoms with van der Waals surface area (Å²) >= 11 is 0. The van der Waals surface area contributed by atoms with Gasteiger partial charge in [0.05, 0.1) is 12.3 Å². The van der Waals surface area contributed by atoms with Crippen molar-refractivity contribution in [2.45, 2.75) is 13.0 Å². The van der Waals surface area contributed by atoms with Gasteiger partial charge in [0.2, 0.25) is 0 Å². The fourth-order valence-corrected chi connectivity index (χ4v) is 1.85. The van der Waals surface area contributed by atoms with Gasteiger partial charge in [-0.05, 0) is 31.2 Å². The van der Waals surface area contributed by atoms with Gasteiger partial charge in [0, 0.05) is 13.2 Å². The lowest BCUT2D eigenvalue weighted by molar-refractivity contribution is 0.190. The molecule has 0 amide bonds. The molecule has 0 aliphatic heterocycles. The Balaban J connectivity index is 2.12. The molecule has 2 rings (SSSR count). The third-order valence-electron chi connectivity index (χ3n) is 2.68. The summed E-state index contributed by atoms with van der Waals surface area (Å²) < 4.78 is 11.0. The predicted molar refractivity (Wildman–Crippen MR) is 77.9 cm³/mol. The van der Waals surface area contributed by atoms with Crippen LogP contribution in [-0.2, 0) is 4.74 Å². The van der Waals surface area contributed by atoms with Crippen LogP contribution in [0.4, 0.5) is 5.69 Å². The van der Waals surface area contributed by atoms with Crippen molar-refractivity contribution >= 4 is 5.69 Å². The monoisotopic (exact) mass is 257 g/mol. The van der Waals surface area contributed by atoms with Crippen LogP contribution in [-0.4, -0.2) is 19.8 Å². The first-order chi connectivity index (χ1) is 9.29. The lowest BCUT2D eigenvalue weighted by Gasteiger charge is -2.17. The molecule has 100 valence electrons. The summed E-state index contributed by atoms with van der Waals surface area (Å²) in [5, 5.41) is 3.38. The first-order valence-electron chi connectivity index (χ1n) is 6.37. The van der Waals surface area contributed by atoms with Gasteiger partial charge in [0.25, 0.3) is 0 Å². The molecular weight excluding hydrogens is 238 g/mol. The highest BCUT2D eigenvalue weighted by Crippen LogP contribution is 2.29. The molecule has 0 fully saturated rings. The third-order valence-corrected chi connectivity index (χ3v) is 2.68. The molecule has 0 spiro atoms. The molecule has 0 bridgehead atoms. The summed E-state index contributed by atoms with van der Waals surface area (Å²) in [5.74, 6) is 1.65. The molecular formula is C16H19NO2. The topological polar surface area (TPSA) is 30.5 Å². The number of nitrogens with one attached hydrogen (secondary N) is 1. The van der Waals surface area contributed by atoms with Gasteiger partial charge in [-0.1, -0.05) is 30.3 Å². The molecule has 0 aliphatic rings. The van der Waals surface area contributed by atoms with Crippen molar-refractivity contribution in [3.05, 3.63) is 54.6 Å². The lowest BCUT2D eigenvalue weighted by Crippen LogP contribution is -2.20. The van der Waals surface area contributed by atoms with Crippen molar-refractivity contribution in [3.8, 4) is 11.5 Å². The van der Waals surface area contributed by atoms with E-state index in [2.05, 4.69) is 12.2 Å². The molecule has 3 nitrogen and oxygen atoms in total. The Kier molecular flexibility index (Phi) is 4.81. The zero-order chi connectivity index (χ0) is 13.5. The maximum atomic E-state index is 5.89. The van der Waals surface area contributed by atoms with Gasteiger partial charge in [-0.25, -0.2) is 0 Å². The Hall–Kier alpha value is -2.00. The second-order valence-electron chi connectivity index (χ2n) is 4.41. The number of hydrogen-bond donors (Lipinski definition) is 1. The van der Waals surface area contributed by atoms with Crippen LogP contribution in [0.1, 0.15) is 6.92 Å². The molecule has 2 aromatic carbocycles. The van der Waals surface area contributed by atoms with Crippen molar-refractivity contribution in [1.29, 1.82) is 0 Å². The van der Waals surface area contributed by atoms with Crippen LogP contribution in [0.2, 0.25) is 0 Å². The van der Waals surface area contributed by atoms with Gasteiger partial charge in [0.1, 0.15) is 5.75 Å². The van der Waals surface area contributed by atoms with Crippen molar-refractivity contribution in [3.63, 3.8) is 0 Å². The van der Waals surface area contributed by atoms with Crippen LogP contribution in [0.3, 0.4) is 0 Å². The fraction of sp³-hybridized carbons (Fsp3) is 0.250. The van der Waals surface area contributed by atoms with Crippen molar-refractivity contribution in [2.24, 2.45) is 0 Å². The van der Waals surface area contributed by atoms with E-state index in [1.807, 2.05) is 54.6 Å². The van der Waals surface area contributed by atoms with E-state index in [0.29, 0.717) is 6.61 Å². The first kappa shape index (κ1) is 13.4. The number of rotatable bonds is 6. The lowest BCUT2D eigenvalue weighted by atomic mass is 10.2. The quantitative estimate of drug-likeness (QED) is 0.850. The summed E-state index contributed by atoms with van der Waals surface area (Å²) in [6.45, 7) is 2.72. The molecule has 19 heavy (non-hydrogen) atoms. The highest BCUT2D eigenvalue weighted by atomic mass is 16.5. The predicted octanol–water partition coefficient (Wildman–Crippen LogP) is 3.93. The number of hydrogen-bond acceptors (Lipinski definition) is 3. The molecule has 2 aromatic rings. The minimum Gasteiger partial charge on any atom is -0.455 e. The Morgan fingerprint density at radius 1 is 1.00 bits per heavy atom. The fourth-order valence-electron chi connectivity index (χ4n) is 1.85. The Morgan fingerprint density at radius 2 is 1.68 bits per heavy atom. The van der Waals surface area contributed by atoms with Crippen LogP contribution in [0.5, 0.6) is 11.5 Å². The minimum absolute atomic E-state index is 0.227. The molecule has 1 unspecified atom stereocenters. The number of para-hydroxylation sites is 3. The van der Waals surface area contributed by atoms with Crippen LogP contribution < -0.4 is 10.1 Å². The maximum absolute atomic E-state index is 5.89. The van der Waals surface area contributed by atoms with Crippen LogP contribution in [0, 0.1) is 0 Å². The van der Waals surface area contributed by atoms with E-state index in [1.165, 1.54) is 0 Å². The van der Waals surface area contributed by atoms with Crippen molar-refractivity contribution in [2.75, 3.05) is 19.0 Å². The smallest absolute Gasteiger partial charge is 0.150 e. The number of anilines is 1. The maximum Gasteiger partial charge on any atom is 0.150 e. The third kappa shape index (κ3) is 4.00. The average Bonchev–Trinajstić information content (AvgIpc) is 2.42.